The van der Waals surface area contributed by atoms with Gasteiger partial charge in [0.05, 0.1) is 0 Å². The summed E-state index contributed by atoms with van der Waals surface area (Å²) >= 11 is 11.9. The molecule has 3 nitrogen and oxygen atoms in total. The largest absolute Gasteiger partial charge is 0.353 e. The smallest absolute Gasteiger partial charge is 0.221 e. The van der Waals surface area contributed by atoms with Gasteiger partial charge >= 0.3 is 0 Å². The second-order valence-corrected chi connectivity index (χ2v) is 5.11. The molecule has 1 aromatic carbocycles. The van der Waals surface area contributed by atoms with Gasteiger partial charge in [-0.25, -0.2) is 0 Å². The highest BCUT2D eigenvalue weighted by Crippen LogP contribution is 2.22. The summed E-state index contributed by atoms with van der Waals surface area (Å²) in [5, 5.41) is 7.13. The maximum atomic E-state index is 11.5. The van der Waals surface area contributed by atoms with E-state index in [0.29, 0.717) is 29.4 Å². The van der Waals surface area contributed by atoms with Crippen molar-refractivity contribution in [1.29, 1.82) is 0 Å². The van der Waals surface area contributed by atoms with E-state index in [4.69, 9.17) is 23.2 Å². The van der Waals surface area contributed by atoms with E-state index >= 15 is 0 Å². The van der Waals surface area contributed by atoms with Gasteiger partial charge in [0.1, 0.15) is 0 Å². The molecule has 1 atom stereocenters. The Morgan fingerprint density at radius 2 is 2.05 bits per heavy atom. The van der Waals surface area contributed by atoms with E-state index < -0.39 is 0 Å². The predicted octanol–water partition coefficient (Wildman–Crippen LogP) is 3.07. The number of hydrogen-bond donors (Lipinski definition) is 2. The van der Waals surface area contributed by atoms with Crippen LogP contribution < -0.4 is 10.6 Å². The van der Waals surface area contributed by atoms with Crippen LogP contribution in [0.1, 0.15) is 18.9 Å². The van der Waals surface area contributed by atoms with Gasteiger partial charge in [-0.1, -0.05) is 29.3 Å². The fraction of sp³-hybridized carbons (Fsp3) is 0.462. The molecule has 0 aliphatic heterocycles. The Morgan fingerprint density at radius 3 is 2.63 bits per heavy atom. The highest BCUT2D eigenvalue weighted by Gasteiger charge is 2.10. The molecule has 0 fully saturated rings. The number of hydrogen-bond acceptors (Lipinski definition) is 2. The normalized spacial score (nSPS) is 11.6. The summed E-state index contributed by atoms with van der Waals surface area (Å²) < 4.78 is 0. The maximum Gasteiger partial charge on any atom is 0.221 e. The lowest BCUT2D eigenvalue weighted by Crippen LogP contribution is -2.35. The van der Waals surface area contributed by atoms with Crippen LogP contribution in [0.15, 0.2) is 18.2 Å². The first-order valence-corrected chi connectivity index (χ1v) is 6.66. The molecule has 0 aliphatic carbocycles. The fourth-order valence-corrected chi connectivity index (χ4v) is 2.14. The molecule has 0 aromatic heterocycles. The van der Waals surface area contributed by atoms with Crippen LogP contribution in [0.3, 0.4) is 0 Å². The average Bonchev–Trinajstić information content (AvgIpc) is 2.30. The number of amides is 1. The summed E-state index contributed by atoms with van der Waals surface area (Å²) in [6.45, 7) is 2.64. The number of halogens is 3. The molecule has 0 bridgehead atoms. The average molecular weight is 326 g/mol. The Balaban J connectivity index is 0.00000324. The van der Waals surface area contributed by atoms with E-state index in [1.165, 1.54) is 0 Å². The number of carbonyl (C=O) groups is 1. The van der Waals surface area contributed by atoms with Gasteiger partial charge in [0.25, 0.3) is 0 Å². The minimum atomic E-state index is 0. The molecule has 1 rings (SSSR count). The van der Waals surface area contributed by atoms with Crippen molar-refractivity contribution < 1.29 is 4.79 Å². The Hall–Kier alpha value is -0.480. The van der Waals surface area contributed by atoms with Gasteiger partial charge in [-0.2, -0.15) is 0 Å². The molecule has 0 saturated heterocycles. The van der Waals surface area contributed by atoms with E-state index in [1.807, 2.05) is 20.0 Å². The minimum absolute atomic E-state index is 0. The Kier molecular flexibility index (Phi) is 9.19. The van der Waals surface area contributed by atoms with Gasteiger partial charge in [0.2, 0.25) is 5.91 Å². The highest BCUT2D eigenvalue weighted by molar-refractivity contribution is 6.35. The third-order valence-electron chi connectivity index (χ3n) is 2.55. The molecular weight excluding hydrogens is 307 g/mol. The van der Waals surface area contributed by atoms with Crippen molar-refractivity contribution in [2.24, 2.45) is 0 Å². The zero-order valence-corrected chi connectivity index (χ0v) is 13.3. The first-order chi connectivity index (χ1) is 8.52. The molecule has 0 aliphatic rings. The molecule has 1 amide bonds. The standard InChI is InChI=1S/C13H18Cl2N2O.ClH/c1-9(17-13(18)5-6-16-2)7-10-3-4-11(14)8-12(10)15;/h3-4,8-9,16H,5-7H2,1-2H3,(H,17,18);1H. The van der Waals surface area contributed by atoms with Crippen LogP contribution >= 0.6 is 35.6 Å². The molecule has 1 unspecified atom stereocenters. The van der Waals surface area contributed by atoms with Gasteiger partial charge in [-0.05, 0) is 38.1 Å². The summed E-state index contributed by atoms with van der Waals surface area (Å²) in [5.41, 5.74) is 0.988. The monoisotopic (exact) mass is 324 g/mol. The minimum Gasteiger partial charge on any atom is -0.353 e. The summed E-state index contributed by atoms with van der Waals surface area (Å²) in [6, 6.07) is 5.46. The zero-order chi connectivity index (χ0) is 13.5. The lowest BCUT2D eigenvalue weighted by atomic mass is 10.1. The van der Waals surface area contributed by atoms with Crippen molar-refractivity contribution in [2.75, 3.05) is 13.6 Å². The van der Waals surface area contributed by atoms with Crippen molar-refractivity contribution in [1.82, 2.24) is 10.6 Å². The van der Waals surface area contributed by atoms with E-state index in [2.05, 4.69) is 10.6 Å². The number of carbonyl (C=O) groups excluding carboxylic acids is 1. The third kappa shape index (κ3) is 7.02. The maximum absolute atomic E-state index is 11.5. The summed E-state index contributed by atoms with van der Waals surface area (Å²) in [4.78, 5) is 11.5. The van der Waals surface area contributed by atoms with Gasteiger partial charge < -0.3 is 10.6 Å². The Bertz CT molecular complexity index is 413. The lowest BCUT2D eigenvalue weighted by molar-refractivity contribution is -0.121. The van der Waals surface area contributed by atoms with Crippen LogP contribution in [-0.4, -0.2) is 25.5 Å². The summed E-state index contributed by atoms with van der Waals surface area (Å²) in [6.07, 6.45) is 1.18. The van der Waals surface area contributed by atoms with Crippen LogP contribution in [0.25, 0.3) is 0 Å². The number of benzene rings is 1. The highest BCUT2D eigenvalue weighted by atomic mass is 35.5. The molecule has 2 N–H and O–H groups in total. The first kappa shape index (κ1) is 18.5. The Labute approximate surface area is 130 Å². The second-order valence-electron chi connectivity index (χ2n) is 4.26. The molecule has 1 aromatic rings. The van der Waals surface area contributed by atoms with Crippen LogP contribution in [-0.2, 0) is 11.2 Å². The van der Waals surface area contributed by atoms with Crippen LogP contribution in [0, 0.1) is 0 Å². The molecule has 19 heavy (non-hydrogen) atoms. The van der Waals surface area contributed by atoms with Gasteiger partial charge in [0.15, 0.2) is 0 Å². The quantitative estimate of drug-likeness (QED) is 0.844. The van der Waals surface area contributed by atoms with Crippen molar-refractivity contribution in [3.05, 3.63) is 33.8 Å². The summed E-state index contributed by atoms with van der Waals surface area (Å²) in [7, 11) is 1.82. The van der Waals surface area contributed by atoms with Crippen molar-refractivity contribution in [2.45, 2.75) is 25.8 Å². The molecule has 0 heterocycles. The molecule has 0 spiro atoms. The fourth-order valence-electron chi connectivity index (χ4n) is 1.65. The van der Waals surface area contributed by atoms with Crippen molar-refractivity contribution in [3.63, 3.8) is 0 Å². The van der Waals surface area contributed by atoms with E-state index in [1.54, 1.807) is 12.1 Å². The molecule has 6 heteroatoms. The van der Waals surface area contributed by atoms with E-state index in [-0.39, 0.29) is 24.4 Å². The summed E-state index contributed by atoms with van der Waals surface area (Å²) in [5.74, 6) is 0.0435. The Morgan fingerprint density at radius 1 is 1.37 bits per heavy atom. The van der Waals surface area contributed by atoms with Crippen molar-refractivity contribution >= 4 is 41.5 Å². The van der Waals surface area contributed by atoms with Crippen LogP contribution in [0.4, 0.5) is 0 Å². The zero-order valence-electron chi connectivity index (χ0n) is 11.0. The molecule has 0 saturated carbocycles. The van der Waals surface area contributed by atoms with Gasteiger partial charge in [0, 0.05) is 29.1 Å². The number of nitrogens with one attached hydrogen (secondary N) is 2. The van der Waals surface area contributed by atoms with Crippen LogP contribution in [0.2, 0.25) is 10.0 Å². The van der Waals surface area contributed by atoms with Gasteiger partial charge in [-0.15, -0.1) is 12.4 Å². The molecule has 108 valence electrons. The van der Waals surface area contributed by atoms with Crippen LogP contribution in [0.5, 0.6) is 0 Å². The predicted molar refractivity (Wildman–Crippen MR) is 83.6 cm³/mol. The second kappa shape index (κ2) is 9.43. The van der Waals surface area contributed by atoms with Crippen molar-refractivity contribution in [3.8, 4) is 0 Å². The first-order valence-electron chi connectivity index (χ1n) is 5.91. The van der Waals surface area contributed by atoms with E-state index in [9.17, 15) is 4.79 Å². The number of rotatable bonds is 6. The topological polar surface area (TPSA) is 41.1 Å². The SMILES string of the molecule is CNCCC(=O)NC(C)Cc1ccc(Cl)cc1Cl.Cl. The molecule has 0 radical (unpaired) electrons. The van der Waals surface area contributed by atoms with Gasteiger partial charge in [-0.3, -0.25) is 4.79 Å². The lowest BCUT2D eigenvalue weighted by Gasteiger charge is -2.15. The molecular formula is C13H19Cl3N2O. The van der Waals surface area contributed by atoms with E-state index in [0.717, 1.165) is 5.56 Å². The third-order valence-corrected chi connectivity index (χ3v) is 3.14.